The van der Waals surface area contributed by atoms with Crippen LogP contribution in [0.2, 0.25) is 0 Å². The number of fused-ring (bicyclic) bond motifs is 2. The van der Waals surface area contributed by atoms with E-state index in [1.807, 2.05) is 24.3 Å². The van der Waals surface area contributed by atoms with Crippen LogP contribution in [0.5, 0.6) is 17.2 Å². The van der Waals surface area contributed by atoms with Crippen LogP contribution in [0, 0.1) is 0 Å². The number of amides is 1. The van der Waals surface area contributed by atoms with Crippen LogP contribution in [0.4, 0.5) is 13.2 Å². The fourth-order valence-corrected chi connectivity index (χ4v) is 4.20. The van der Waals surface area contributed by atoms with E-state index >= 15 is 0 Å². The average molecular weight is 468 g/mol. The molecule has 1 amide bonds. The number of alkyl halides is 3. The molecule has 174 valence electrons. The molecule has 1 unspecified atom stereocenters. The zero-order valence-corrected chi connectivity index (χ0v) is 17.8. The van der Waals surface area contributed by atoms with Crippen molar-refractivity contribution in [2.75, 3.05) is 13.2 Å². The van der Waals surface area contributed by atoms with Gasteiger partial charge in [0.25, 0.3) is 5.91 Å². The quantitative estimate of drug-likeness (QED) is 0.606. The first-order valence-corrected chi connectivity index (χ1v) is 10.5. The lowest BCUT2D eigenvalue weighted by atomic mass is 9.81. The number of para-hydroxylation sites is 1. The summed E-state index contributed by atoms with van der Waals surface area (Å²) in [7, 11) is 0. The highest BCUT2D eigenvalue weighted by atomic mass is 19.4. The maximum atomic E-state index is 13.4. The first-order chi connectivity index (χ1) is 16.3. The van der Waals surface area contributed by atoms with E-state index in [0.717, 1.165) is 5.56 Å². The fourth-order valence-electron chi connectivity index (χ4n) is 4.20. The van der Waals surface area contributed by atoms with Crippen LogP contribution in [0.1, 0.15) is 23.2 Å². The summed E-state index contributed by atoms with van der Waals surface area (Å²) in [6, 6.07) is 16.2. The summed E-state index contributed by atoms with van der Waals surface area (Å²) < 4.78 is 53.3. The molecule has 3 heterocycles. The van der Waals surface area contributed by atoms with Gasteiger partial charge >= 0.3 is 6.36 Å². The molecule has 9 heteroatoms. The SMILES string of the molecule is O=C(NC1(c2ccc(OC(F)(F)F)cc2)CCOc2cccnc21)C1=Cc2ccccc2OC1. The second-order valence-electron chi connectivity index (χ2n) is 7.88. The molecule has 2 aromatic carbocycles. The Morgan fingerprint density at radius 2 is 1.76 bits per heavy atom. The normalized spacial score (nSPS) is 19.0. The highest BCUT2D eigenvalue weighted by molar-refractivity contribution is 6.00. The molecular weight excluding hydrogens is 449 g/mol. The summed E-state index contributed by atoms with van der Waals surface area (Å²) in [5.74, 6) is 0.450. The van der Waals surface area contributed by atoms with E-state index < -0.39 is 11.9 Å². The molecule has 0 fully saturated rings. The molecule has 1 aromatic heterocycles. The minimum Gasteiger partial charge on any atom is -0.491 e. The molecule has 0 spiro atoms. The number of ether oxygens (including phenoxy) is 3. The van der Waals surface area contributed by atoms with E-state index in [1.54, 1.807) is 24.4 Å². The van der Waals surface area contributed by atoms with Gasteiger partial charge in [-0.15, -0.1) is 13.2 Å². The Morgan fingerprint density at radius 1 is 1.00 bits per heavy atom. The Labute approximate surface area is 193 Å². The van der Waals surface area contributed by atoms with E-state index in [9.17, 15) is 18.0 Å². The van der Waals surface area contributed by atoms with Gasteiger partial charge in [0.2, 0.25) is 0 Å². The zero-order valence-electron chi connectivity index (χ0n) is 17.8. The predicted molar refractivity (Wildman–Crippen MR) is 116 cm³/mol. The maximum Gasteiger partial charge on any atom is 0.573 e. The molecule has 34 heavy (non-hydrogen) atoms. The number of nitrogens with one attached hydrogen (secondary N) is 1. The highest BCUT2D eigenvalue weighted by Gasteiger charge is 2.43. The Kier molecular flexibility index (Phi) is 5.39. The first kappa shape index (κ1) is 21.8. The van der Waals surface area contributed by atoms with Crippen LogP contribution >= 0.6 is 0 Å². The monoisotopic (exact) mass is 468 g/mol. The molecule has 1 atom stereocenters. The molecular formula is C25H19F3N2O4. The molecule has 2 aliphatic heterocycles. The number of halogens is 3. The van der Waals surface area contributed by atoms with Gasteiger partial charge in [0.15, 0.2) is 0 Å². The number of benzene rings is 2. The lowest BCUT2D eigenvalue weighted by Gasteiger charge is -2.39. The fraction of sp³-hybridized carbons (Fsp3) is 0.200. The van der Waals surface area contributed by atoms with Crippen molar-refractivity contribution in [3.05, 3.63) is 89.3 Å². The molecule has 1 N–H and O–H groups in total. The van der Waals surface area contributed by atoms with Gasteiger partial charge in [-0.25, -0.2) is 0 Å². The summed E-state index contributed by atoms with van der Waals surface area (Å²) in [5.41, 5.74) is 1.10. The molecule has 6 nitrogen and oxygen atoms in total. The summed E-state index contributed by atoms with van der Waals surface area (Å²) in [4.78, 5) is 17.9. The largest absolute Gasteiger partial charge is 0.573 e. The van der Waals surface area contributed by atoms with Crippen LogP contribution in [-0.2, 0) is 10.3 Å². The molecule has 3 aromatic rings. The molecule has 2 aliphatic rings. The summed E-state index contributed by atoms with van der Waals surface area (Å²) in [5, 5.41) is 3.08. The lowest BCUT2D eigenvalue weighted by Crippen LogP contribution is -2.51. The topological polar surface area (TPSA) is 69.7 Å². The van der Waals surface area contributed by atoms with Gasteiger partial charge in [-0.05, 0) is 42.0 Å². The Balaban J connectivity index is 1.53. The third-order valence-corrected chi connectivity index (χ3v) is 5.74. The van der Waals surface area contributed by atoms with Crippen LogP contribution in [0.3, 0.4) is 0 Å². The molecule has 0 aliphatic carbocycles. The first-order valence-electron chi connectivity index (χ1n) is 10.5. The number of aromatic nitrogens is 1. The molecule has 0 saturated carbocycles. The molecule has 0 radical (unpaired) electrons. The Morgan fingerprint density at radius 3 is 2.56 bits per heavy atom. The predicted octanol–water partition coefficient (Wildman–Crippen LogP) is 4.60. The van der Waals surface area contributed by atoms with E-state index in [4.69, 9.17) is 9.47 Å². The Bertz CT molecular complexity index is 1260. The van der Waals surface area contributed by atoms with Crippen molar-refractivity contribution < 1.29 is 32.2 Å². The molecule has 5 rings (SSSR count). The van der Waals surface area contributed by atoms with E-state index in [0.29, 0.717) is 34.8 Å². The van der Waals surface area contributed by atoms with Gasteiger partial charge in [0.1, 0.15) is 35.1 Å². The van der Waals surface area contributed by atoms with Gasteiger partial charge < -0.3 is 19.5 Å². The van der Waals surface area contributed by atoms with E-state index in [-0.39, 0.29) is 24.9 Å². The smallest absolute Gasteiger partial charge is 0.491 e. The van der Waals surface area contributed by atoms with Crippen LogP contribution in [0.25, 0.3) is 6.08 Å². The Hall–Kier alpha value is -4.01. The number of hydrogen-bond donors (Lipinski definition) is 1. The summed E-state index contributed by atoms with van der Waals surface area (Å²) in [6.07, 6.45) is -1.13. The van der Waals surface area contributed by atoms with E-state index in [2.05, 4.69) is 15.0 Å². The van der Waals surface area contributed by atoms with Crippen molar-refractivity contribution in [3.63, 3.8) is 0 Å². The average Bonchev–Trinajstić information content (AvgIpc) is 2.83. The summed E-state index contributed by atoms with van der Waals surface area (Å²) >= 11 is 0. The third kappa shape index (κ3) is 4.16. The lowest BCUT2D eigenvalue weighted by molar-refractivity contribution is -0.274. The van der Waals surface area contributed by atoms with Crippen LogP contribution in [0.15, 0.2) is 72.4 Å². The zero-order chi connectivity index (χ0) is 23.8. The maximum absolute atomic E-state index is 13.4. The van der Waals surface area contributed by atoms with Gasteiger partial charge in [-0.3, -0.25) is 9.78 Å². The van der Waals surface area contributed by atoms with Crippen LogP contribution < -0.4 is 19.5 Å². The van der Waals surface area contributed by atoms with Crippen molar-refractivity contribution in [1.82, 2.24) is 10.3 Å². The number of nitrogens with zero attached hydrogens (tertiary/aromatic N) is 1. The van der Waals surface area contributed by atoms with Gasteiger partial charge in [0.05, 0.1) is 12.2 Å². The summed E-state index contributed by atoms with van der Waals surface area (Å²) in [6.45, 7) is 0.362. The number of rotatable bonds is 4. The number of hydrogen-bond acceptors (Lipinski definition) is 5. The van der Waals surface area contributed by atoms with Gasteiger partial charge in [0, 0.05) is 18.2 Å². The van der Waals surface area contributed by atoms with Gasteiger partial charge in [-0.2, -0.15) is 0 Å². The minimum absolute atomic E-state index is 0.0862. The van der Waals surface area contributed by atoms with Crippen molar-refractivity contribution >= 4 is 12.0 Å². The van der Waals surface area contributed by atoms with Crippen molar-refractivity contribution in [2.45, 2.75) is 18.3 Å². The third-order valence-electron chi connectivity index (χ3n) is 5.74. The van der Waals surface area contributed by atoms with Crippen molar-refractivity contribution in [1.29, 1.82) is 0 Å². The second kappa shape index (κ2) is 8.40. The van der Waals surface area contributed by atoms with E-state index in [1.165, 1.54) is 24.3 Å². The number of carbonyl (C=O) groups excluding carboxylic acids is 1. The van der Waals surface area contributed by atoms with Crippen LogP contribution in [-0.4, -0.2) is 30.5 Å². The second-order valence-corrected chi connectivity index (χ2v) is 7.88. The van der Waals surface area contributed by atoms with Crippen molar-refractivity contribution in [2.24, 2.45) is 0 Å². The molecule has 0 saturated heterocycles. The highest BCUT2D eigenvalue weighted by Crippen LogP contribution is 2.41. The molecule has 0 bridgehead atoms. The number of pyridine rings is 1. The van der Waals surface area contributed by atoms with Gasteiger partial charge in [-0.1, -0.05) is 30.3 Å². The minimum atomic E-state index is -4.80. The van der Waals surface area contributed by atoms with Crippen molar-refractivity contribution in [3.8, 4) is 17.2 Å². The standard InChI is InChI=1S/C25H19F3N2O4/c26-25(27,28)34-19-9-7-18(8-10-19)24(11-13-32-21-6-3-12-29-22(21)24)30-23(31)17-14-16-4-1-2-5-20(16)33-15-17/h1-10,12,14H,11,13,15H2,(H,30,31). The number of carbonyl (C=O) groups is 1.